The summed E-state index contributed by atoms with van der Waals surface area (Å²) in [4.78, 5) is 16.0. The predicted octanol–water partition coefficient (Wildman–Crippen LogP) is 3.05. The van der Waals surface area contributed by atoms with Crippen molar-refractivity contribution < 1.29 is 14.6 Å². The van der Waals surface area contributed by atoms with E-state index in [0.717, 1.165) is 11.3 Å². The largest absolute Gasteiger partial charge is 0.545 e. The van der Waals surface area contributed by atoms with E-state index in [0.29, 0.717) is 16.6 Å². The number of carboxylic acid groups (broad SMARTS) is 1. The van der Waals surface area contributed by atoms with Crippen LogP contribution in [0, 0.1) is 0 Å². The summed E-state index contributed by atoms with van der Waals surface area (Å²) in [6.45, 7) is 3.93. The van der Waals surface area contributed by atoms with E-state index in [-0.39, 0.29) is 11.7 Å². The van der Waals surface area contributed by atoms with Gasteiger partial charge < -0.3 is 14.6 Å². The molecule has 4 heteroatoms. The van der Waals surface area contributed by atoms with E-state index in [4.69, 9.17) is 4.74 Å². The molecule has 0 unspecified atom stereocenters. The Hall–Kier alpha value is -2.88. The maximum atomic E-state index is 11.4. The zero-order valence-electron chi connectivity index (χ0n) is 12.9. The van der Waals surface area contributed by atoms with Crippen molar-refractivity contribution in [2.75, 3.05) is 0 Å². The number of pyridine rings is 1. The summed E-state index contributed by atoms with van der Waals surface area (Å²) in [5, 5.41) is 12.0. The number of nitrogens with zero attached hydrogens (tertiary/aromatic N) is 1. The number of rotatable bonds is 4. The van der Waals surface area contributed by atoms with Gasteiger partial charge in [-0.25, -0.2) is 4.98 Å². The maximum Gasteiger partial charge on any atom is 0.119 e. The minimum Gasteiger partial charge on any atom is -0.545 e. The molecule has 0 amide bonds. The summed E-state index contributed by atoms with van der Waals surface area (Å²) in [6, 6.07) is 16.1. The molecule has 4 nitrogen and oxygen atoms in total. The number of aromatic nitrogens is 1. The molecule has 116 valence electrons. The fraction of sp³-hybridized carbons (Fsp3) is 0.158. The Morgan fingerprint density at radius 1 is 1.09 bits per heavy atom. The molecule has 0 N–H and O–H groups in total. The van der Waals surface area contributed by atoms with Crippen LogP contribution < -0.4 is 9.84 Å². The molecule has 3 rings (SSSR count). The number of hydrogen-bond donors (Lipinski definition) is 0. The summed E-state index contributed by atoms with van der Waals surface area (Å²) in [7, 11) is 0. The Morgan fingerprint density at radius 2 is 1.78 bits per heavy atom. The van der Waals surface area contributed by atoms with Crippen molar-refractivity contribution in [1.29, 1.82) is 0 Å². The third kappa shape index (κ3) is 3.16. The van der Waals surface area contributed by atoms with Crippen molar-refractivity contribution in [3.63, 3.8) is 0 Å². The number of carbonyl (C=O) groups excluding carboxylic acids is 1. The Kier molecular flexibility index (Phi) is 3.98. The number of hydrogen-bond acceptors (Lipinski definition) is 4. The average Bonchev–Trinajstić information content (AvgIpc) is 2.54. The van der Waals surface area contributed by atoms with Crippen molar-refractivity contribution in [1.82, 2.24) is 4.98 Å². The molecular formula is C19H16NO3-. The molecule has 0 radical (unpaired) electrons. The lowest BCUT2D eigenvalue weighted by molar-refractivity contribution is -0.254. The van der Waals surface area contributed by atoms with E-state index in [1.54, 1.807) is 24.3 Å². The molecule has 0 aliphatic rings. The van der Waals surface area contributed by atoms with Gasteiger partial charge in [0.15, 0.2) is 0 Å². The lowest BCUT2D eigenvalue weighted by atomic mass is 10.0. The summed E-state index contributed by atoms with van der Waals surface area (Å²) in [6.07, 6.45) is 0.101. The van der Waals surface area contributed by atoms with Crippen LogP contribution in [0.3, 0.4) is 0 Å². The van der Waals surface area contributed by atoms with E-state index in [9.17, 15) is 9.90 Å². The fourth-order valence-corrected chi connectivity index (χ4v) is 2.47. The van der Waals surface area contributed by atoms with Gasteiger partial charge in [-0.2, -0.15) is 0 Å². The topological polar surface area (TPSA) is 62.2 Å². The molecule has 1 heterocycles. The quantitative estimate of drug-likeness (QED) is 0.743. The highest BCUT2D eigenvalue weighted by molar-refractivity contribution is 6.02. The Labute approximate surface area is 134 Å². The molecule has 0 saturated heterocycles. The van der Waals surface area contributed by atoms with E-state index in [1.165, 1.54) is 0 Å². The lowest BCUT2D eigenvalue weighted by Crippen LogP contribution is -2.22. The number of fused-ring (bicyclic) bond motifs is 1. The highest BCUT2D eigenvalue weighted by atomic mass is 16.5. The number of para-hydroxylation sites is 1. The predicted molar refractivity (Wildman–Crippen MR) is 87.3 cm³/mol. The lowest BCUT2D eigenvalue weighted by Gasteiger charge is -2.12. The number of benzene rings is 2. The first-order valence-electron chi connectivity index (χ1n) is 7.43. The minimum atomic E-state index is -1.20. The second-order valence-electron chi connectivity index (χ2n) is 5.55. The maximum absolute atomic E-state index is 11.4. The highest BCUT2D eigenvalue weighted by Crippen LogP contribution is 2.26. The third-order valence-corrected chi connectivity index (χ3v) is 3.46. The first-order valence-corrected chi connectivity index (χ1v) is 7.43. The minimum absolute atomic E-state index is 0.101. The first-order chi connectivity index (χ1) is 11.0. The van der Waals surface area contributed by atoms with Crippen LogP contribution in [0.2, 0.25) is 0 Å². The van der Waals surface area contributed by atoms with Crippen LogP contribution >= 0.6 is 0 Å². The second kappa shape index (κ2) is 6.08. The number of carboxylic acids is 1. The van der Waals surface area contributed by atoms with Crippen LogP contribution in [0.1, 0.15) is 24.2 Å². The molecule has 0 aliphatic heterocycles. The van der Waals surface area contributed by atoms with Gasteiger partial charge in [0, 0.05) is 16.5 Å². The van der Waals surface area contributed by atoms with Gasteiger partial charge in [-0.1, -0.05) is 18.2 Å². The van der Waals surface area contributed by atoms with Crippen molar-refractivity contribution in [3.8, 4) is 17.0 Å². The smallest absolute Gasteiger partial charge is 0.119 e. The highest BCUT2D eigenvalue weighted by Gasteiger charge is 2.08. The van der Waals surface area contributed by atoms with Gasteiger partial charge in [0.25, 0.3) is 0 Å². The fourth-order valence-electron chi connectivity index (χ4n) is 2.47. The molecule has 0 aliphatic carbocycles. The van der Waals surface area contributed by atoms with Gasteiger partial charge in [-0.15, -0.1) is 0 Å². The van der Waals surface area contributed by atoms with Crippen LogP contribution in [-0.2, 0) is 0 Å². The molecule has 3 aromatic rings. The van der Waals surface area contributed by atoms with Gasteiger partial charge in [0.1, 0.15) is 5.75 Å². The van der Waals surface area contributed by atoms with Crippen LogP contribution in [0.5, 0.6) is 5.75 Å². The first kappa shape index (κ1) is 15.0. The van der Waals surface area contributed by atoms with E-state index in [2.05, 4.69) is 4.98 Å². The third-order valence-electron chi connectivity index (χ3n) is 3.46. The standard InChI is InChI=1S/C19H17NO3/c1-12(2)23-14-9-7-13(8-10-14)18-11-16(19(21)22)15-5-3-4-6-17(15)20-18/h3-12H,1-2H3,(H,21,22)/p-1. The van der Waals surface area contributed by atoms with E-state index in [1.807, 2.05) is 44.2 Å². The summed E-state index contributed by atoms with van der Waals surface area (Å²) in [5.41, 5.74) is 2.20. The van der Waals surface area contributed by atoms with Gasteiger partial charge >= 0.3 is 0 Å². The zero-order valence-corrected chi connectivity index (χ0v) is 12.9. The van der Waals surface area contributed by atoms with Crippen LogP contribution in [0.25, 0.3) is 22.2 Å². The molecule has 0 bridgehead atoms. The van der Waals surface area contributed by atoms with Gasteiger partial charge in [-0.05, 0) is 50.2 Å². The molecule has 1 aromatic heterocycles. The molecular weight excluding hydrogens is 290 g/mol. The van der Waals surface area contributed by atoms with Crippen molar-refractivity contribution in [2.24, 2.45) is 0 Å². The monoisotopic (exact) mass is 306 g/mol. The normalized spacial score (nSPS) is 10.9. The molecule has 0 fully saturated rings. The summed E-state index contributed by atoms with van der Waals surface area (Å²) in [5.74, 6) is -0.436. The Bertz CT molecular complexity index is 854. The number of ether oxygens (including phenoxy) is 1. The van der Waals surface area contributed by atoms with E-state index >= 15 is 0 Å². The summed E-state index contributed by atoms with van der Waals surface area (Å²) < 4.78 is 5.61. The van der Waals surface area contributed by atoms with Crippen molar-refractivity contribution in [3.05, 3.63) is 60.2 Å². The van der Waals surface area contributed by atoms with Gasteiger partial charge in [0.2, 0.25) is 0 Å². The second-order valence-corrected chi connectivity index (χ2v) is 5.55. The van der Waals surface area contributed by atoms with Crippen molar-refractivity contribution >= 4 is 16.9 Å². The van der Waals surface area contributed by atoms with Crippen molar-refractivity contribution in [2.45, 2.75) is 20.0 Å². The molecule has 2 aromatic carbocycles. The van der Waals surface area contributed by atoms with Gasteiger partial charge in [-0.3, -0.25) is 0 Å². The Morgan fingerprint density at radius 3 is 2.43 bits per heavy atom. The van der Waals surface area contributed by atoms with Crippen LogP contribution in [0.15, 0.2) is 54.6 Å². The number of aromatic carboxylic acids is 1. The van der Waals surface area contributed by atoms with Crippen LogP contribution in [0.4, 0.5) is 0 Å². The van der Waals surface area contributed by atoms with Gasteiger partial charge in [0.05, 0.1) is 23.3 Å². The molecule has 0 saturated carbocycles. The van der Waals surface area contributed by atoms with Crippen LogP contribution in [-0.4, -0.2) is 17.1 Å². The SMILES string of the molecule is CC(C)Oc1ccc(-c2cc(C(=O)[O-])c3ccccc3n2)cc1. The molecule has 0 spiro atoms. The Balaban J connectivity index is 2.07. The summed E-state index contributed by atoms with van der Waals surface area (Å²) >= 11 is 0. The van der Waals surface area contributed by atoms with E-state index < -0.39 is 5.97 Å². The molecule has 23 heavy (non-hydrogen) atoms. The average molecular weight is 306 g/mol. The number of carbonyl (C=O) groups is 1. The molecule has 0 atom stereocenters. The zero-order chi connectivity index (χ0) is 16.4.